The zero-order chi connectivity index (χ0) is 18.4. The molecule has 8 nitrogen and oxygen atoms in total. The van der Waals surface area contributed by atoms with Gasteiger partial charge in [0, 0.05) is 12.1 Å². The Balaban J connectivity index is 2.51. The van der Waals surface area contributed by atoms with Crippen molar-refractivity contribution >= 4 is 22.0 Å². The summed E-state index contributed by atoms with van der Waals surface area (Å²) in [5, 5.41) is 7.73. The Bertz CT molecular complexity index is 696. The predicted molar refractivity (Wildman–Crippen MR) is 90.8 cm³/mol. The lowest BCUT2D eigenvalue weighted by atomic mass is 10.1. The number of hydrogen-bond donors (Lipinski definition) is 4. The molecule has 0 aliphatic carbocycles. The lowest BCUT2D eigenvalue weighted by Crippen LogP contribution is -2.47. The van der Waals surface area contributed by atoms with Crippen LogP contribution >= 0.6 is 0 Å². The molecule has 0 saturated carbocycles. The molecule has 134 valence electrons. The number of nitrogens with one attached hydrogen (secondary N) is 4. The van der Waals surface area contributed by atoms with E-state index in [1.165, 1.54) is 19.2 Å². The molecule has 0 bridgehead atoms. The first-order chi connectivity index (χ1) is 11.0. The van der Waals surface area contributed by atoms with Gasteiger partial charge in [-0.05, 0) is 45.5 Å². The van der Waals surface area contributed by atoms with Crippen LogP contribution in [0.15, 0.2) is 29.2 Å². The molecule has 1 aromatic carbocycles. The minimum Gasteiger partial charge on any atom is -0.350 e. The van der Waals surface area contributed by atoms with Crippen LogP contribution in [0.5, 0.6) is 0 Å². The number of sulfonamides is 1. The molecule has 0 fully saturated rings. The van der Waals surface area contributed by atoms with Crippen molar-refractivity contribution in [3.8, 4) is 0 Å². The van der Waals surface area contributed by atoms with E-state index < -0.39 is 16.1 Å². The smallest absolute Gasteiger partial charge is 0.315 e. The SMILES string of the molecule is CNS(=O)(=O)c1cccc(CNC(=O)NCC(=O)NC(C)(C)C)c1. The number of benzene rings is 1. The third kappa shape index (κ3) is 6.97. The van der Waals surface area contributed by atoms with E-state index in [1.807, 2.05) is 20.8 Å². The summed E-state index contributed by atoms with van der Waals surface area (Å²) < 4.78 is 25.7. The molecule has 1 aromatic rings. The molecule has 24 heavy (non-hydrogen) atoms. The highest BCUT2D eigenvalue weighted by atomic mass is 32.2. The van der Waals surface area contributed by atoms with Crippen molar-refractivity contribution in [2.24, 2.45) is 0 Å². The van der Waals surface area contributed by atoms with Crippen molar-refractivity contribution in [1.82, 2.24) is 20.7 Å². The standard InChI is InChI=1S/C15H24N4O4S/c1-15(2,3)19-13(20)10-18-14(21)17-9-11-6-5-7-12(8-11)24(22,23)16-4/h5-8,16H,9-10H2,1-4H3,(H,19,20)(H2,17,18,21). The minimum atomic E-state index is -3.53. The van der Waals surface area contributed by atoms with E-state index in [1.54, 1.807) is 12.1 Å². The van der Waals surface area contributed by atoms with Gasteiger partial charge in [0.05, 0.1) is 11.4 Å². The Morgan fingerprint density at radius 2 is 1.79 bits per heavy atom. The lowest BCUT2D eigenvalue weighted by Gasteiger charge is -2.20. The zero-order valence-corrected chi connectivity index (χ0v) is 15.1. The topological polar surface area (TPSA) is 116 Å². The quantitative estimate of drug-likeness (QED) is 0.587. The molecule has 0 aliphatic heterocycles. The number of amides is 3. The van der Waals surface area contributed by atoms with Crippen molar-refractivity contribution in [2.75, 3.05) is 13.6 Å². The summed E-state index contributed by atoms with van der Waals surface area (Å²) >= 11 is 0. The minimum absolute atomic E-state index is 0.120. The second-order valence-electron chi connectivity index (χ2n) is 6.19. The van der Waals surface area contributed by atoms with Gasteiger partial charge < -0.3 is 16.0 Å². The van der Waals surface area contributed by atoms with Crippen molar-refractivity contribution in [3.05, 3.63) is 29.8 Å². The van der Waals surface area contributed by atoms with Gasteiger partial charge in [0.25, 0.3) is 0 Å². The summed E-state index contributed by atoms with van der Waals surface area (Å²) in [5.41, 5.74) is 0.259. The Morgan fingerprint density at radius 3 is 2.38 bits per heavy atom. The van der Waals surface area contributed by atoms with E-state index in [-0.39, 0.29) is 29.4 Å². The molecule has 0 aliphatic rings. The van der Waals surface area contributed by atoms with Gasteiger partial charge in [0.15, 0.2) is 0 Å². The van der Waals surface area contributed by atoms with Crippen LogP contribution in [0.1, 0.15) is 26.3 Å². The molecular weight excluding hydrogens is 332 g/mol. The Labute approximate surface area is 142 Å². The molecule has 9 heteroatoms. The molecule has 0 atom stereocenters. The van der Waals surface area contributed by atoms with E-state index in [0.29, 0.717) is 5.56 Å². The maximum Gasteiger partial charge on any atom is 0.315 e. The average Bonchev–Trinajstić information content (AvgIpc) is 2.49. The first kappa shape index (κ1) is 19.9. The van der Waals surface area contributed by atoms with Crippen LogP contribution in [0.4, 0.5) is 4.79 Å². The fourth-order valence-electron chi connectivity index (χ4n) is 1.81. The van der Waals surface area contributed by atoms with Gasteiger partial charge in [-0.3, -0.25) is 4.79 Å². The first-order valence-corrected chi connectivity index (χ1v) is 8.87. The zero-order valence-electron chi connectivity index (χ0n) is 14.3. The summed E-state index contributed by atoms with van der Waals surface area (Å²) in [4.78, 5) is 23.4. The number of rotatable bonds is 6. The summed E-state index contributed by atoms with van der Waals surface area (Å²) in [6.07, 6.45) is 0. The normalized spacial score (nSPS) is 11.7. The molecular formula is C15H24N4O4S. The van der Waals surface area contributed by atoms with Crippen LogP contribution in [-0.2, 0) is 21.4 Å². The molecule has 0 spiro atoms. The van der Waals surface area contributed by atoms with Gasteiger partial charge in [-0.15, -0.1) is 0 Å². The number of urea groups is 1. The molecule has 0 radical (unpaired) electrons. The molecule has 0 aromatic heterocycles. The van der Waals surface area contributed by atoms with Crippen molar-refractivity contribution in [3.63, 3.8) is 0 Å². The largest absolute Gasteiger partial charge is 0.350 e. The highest BCUT2D eigenvalue weighted by Crippen LogP contribution is 2.10. The third-order valence-electron chi connectivity index (χ3n) is 2.85. The van der Waals surface area contributed by atoms with E-state index >= 15 is 0 Å². The Morgan fingerprint density at radius 1 is 1.12 bits per heavy atom. The Hall–Kier alpha value is -2.13. The maximum atomic E-state index is 11.7. The van der Waals surface area contributed by atoms with Crippen molar-refractivity contribution in [2.45, 2.75) is 37.8 Å². The maximum absolute atomic E-state index is 11.7. The highest BCUT2D eigenvalue weighted by Gasteiger charge is 2.14. The lowest BCUT2D eigenvalue weighted by molar-refractivity contribution is -0.121. The number of hydrogen-bond acceptors (Lipinski definition) is 4. The van der Waals surface area contributed by atoms with Gasteiger partial charge in [0.1, 0.15) is 0 Å². The molecule has 1 rings (SSSR count). The fourth-order valence-corrected chi connectivity index (χ4v) is 2.61. The molecule has 0 saturated heterocycles. The van der Waals surface area contributed by atoms with Gasteiger partial charge in [-0.25, -0.2) is 17.9 Å². The molecule has 4 N–H and O–H groups in total. The van der Waals surface area contributed by atoms with Crippen LogP contribution < -0.4 is 20.7 Å². The molecule has 3 amide bonds. The van der Waals surface area contributed by atoms with Gasteiger partial charge in [-0.2, -0.15) is 0 Å². The van der Waals surface area contributed by atoms with E-state index in [2.05, 4.69) is 20.7 Å². The van der Waals surface area contributed by atoms with E-state index in [9.17, 15) is 18.0 Å². The molecule has 0 heterocycles. The van der Waals surface area contributed by atoms with Crippen LogP contribution in [0, 0.1) is 0 Å². The molecule has 0 unspecified atom stereocenters. The first-order valence-electron chi connectivity index (χ1n) is 7.39. The predicted octanol–water partition coefficient (Wildman–Crippen LogP) is 0.309. The van der Waals surface area contributed by atoms with E-state index in [0.717, 1.165) is 0 Å². The highest BCUT2D eigenvalue weighted by molar-refractivity contribution is 7.89. The third-order valence-corrected chi connectivity index (χ3v) is 4.27. The number of carbonyl (C=O) groups is 2. The second kappa shape index (κ2) is 8.11. The van der Waals surface area contributed by atoms with Crippen LogP contribution in [0.25, 0.3) is 0 Å². The van der Waals surface area contributed by atoms with Gasteiger partial charge >= 0.3 is 6.03 Å². The fraction of sp³-hybridized carbons (Fsp3) is 0.467. The second-order valence-corrected chi connectivity index (χ2v) is 8.08. The van der Waals surface area contributed by atoms with Crippen LogP contribution in [-0.4, -0.2) is 39.5 Å². The van der Waals surface area contributed by atoms with E-state index in [4.69, 9.17) is 0 Å². The summed E-state index contributed by atoms with van der Waals surface area (Å²) in [6.45, 7) is 5.53. The summed E-state index contributed by atoms with van der Waals surface area (Å²) in [6, 6.07) is 5.71. The summed E-state index contributed by atoms with van der Waals surface area (Å²) in [7, 11) is -2.20. The Kier molecular flexibility index (Phi) is 6.73. The monoisotopic (exact) mass is 356 g/mol. The van der Waals surface area contributed by atoms with Crippen LogP contribution in [0.3, 0.4) is 0 Å². The summed E-state index contributed by atoms with van der Waals surface area (Å²) in [5.74, 6) is -0.292. The average molecular weight is 356 g/mol. The van der Waals surface area contributed by atoms with Crippen molar-refractivity contribution in [1.29, 1.82) is 0 Å². The van der Waals surface area contributed by atoms with Crippen molar-refractivity contribution < 1.29 is 18.0 Å². The van der Waals surface area contributed by atoms with Crippen LogP contribution in [0.2, 0.25) is 0 Å². The number of carbonyl (C=O) groups excluding carboxylic acids is 2. The van der Waals surface area contributed by atoms with Gasteiger partial charge in [-0.1, -0.05) is 12.1 Å². The van der Waals surface area contributed by atoms with Gasteiger partial charge in [0.2, 0.25) is 15.9 Å².